The number of fused-ring (bicyclic) bond motifs is 2. The van der Waals surface area contributed by atoms with Crippen LogP contribution < -0.4 is 26.0 Å². The third-order valence-electron chi connectivity index (χ3n) is 6.17. The average molecular weight is 545 g/mol. The number of hydrogen-bond acceptors (Lipinski definition) is 9. The summed E-state index contributed by atoms with van der Waals surface area (Å²) in [5.41, 5.74) is 0.318. The van der Waals surface area contributed by atoms with Crippen LogP contribution in [0.25, 0.3) is 0 Å². The zero-order valence-electron chi connectivity index (χ0n) is 22.5. The molecule has 0 saturated carbocycles. The van der Waals surface area contributed by atoms with Gasteiger partial charge in [-0.1, -0.05) is 13.8 Å². The Balaban J connectivity index is 1.86. The van der Waals surface area contributed by atoms with Crippen molar-refractivity contribution in [2.45, 2.75) is 70.7 Å². The lowest BCUT2D eigenvalue weighted by molar-refractivity contribution is -0.133. The number of nitrogens with one attached hydrogen (secondary N) is 4. The molecule has 4 atom stereocenters. The number of ether oxygens (including phenoxy) is 1. The van der Waals surface area contributed by atoms with Gasteiger partial charge in [0.2, 0.25) is 23.6 Å². The Hall–Kier alpha value is -4.00. The Bertz CT molecular complexity index is 1170. The van der Waals surface area contributed by atoms with Gasteiger partial charge in [-0.05, 0) is 44.6 Å². The highest BCUT2D eigenvalue weighted by Crippen LogP contribution is 2.22. The standard InChI is InChI=1S/C26H36N6O7/c1-14(2)11-18-26-31-19(13-39-26)23(35)28-9-6-5-7-17(24(36)32-21(15(3)33)25(37)30-18)29-22(34)16-8-10-27-20(12-16)38-4/h8,10,12-15,17-18,21,33H,5-7,9,11H2,1-4H3,(H,28,35)(H,29,34)(H,30,37)(H,32,36)/t15-,17+,18+,21+/m1/s1. The normalized spacial score (nSPS) is 21.9. The fraction of sp³-hybridized carbons (Fsp3) is 0.538. The highest BCUT2D eigenvalue weighted by molar-refractivity contribution is 5.98. The molecule has 39 heavy (non-hydrogen) atoms. The maximum Gasteiger partial charge on any atom is 0.273 e. The fourth-order valence-electron chi connectivity index (χ4n) is 4.10. The van der Waals surface area contributed by atoms with E-state index in [4.69, 9.17) is 9.15 Å². The number of aromatic nitrogens is 2. The first-order valence-corrected chi connectivity index (χ1v) is 12.9. The van der Waals surface area contributed by atoms with E-state index in [-0.39, 0.29) is 35.4 Å². The predicted molar refractivity (Wildman–Crippen MR) is 139 cm³/mol. The summed E-state index contributed by atoms with van der Waals surface area (Å²) >= 11 is 0. The summed E-state index contributed by atoms with van der Waals surface area (Å²) in [5.74, 6) is -1.76. The number of nitrogens with zero attached hydrogens (tertiary/aromatic N) is 2. The van der Waals surface area contributed by atoms with E-state index in [0.29, 0.717) is 25.8 Å². The number of hydrogen-bond donors (Lipinski definition) is 5. The number of carbonyl (C=O) groups is 4. The first-order valence-electron chi connectivity index (χ1n) is 12.9. The van der Waals surface area contributed by atoms with E-state index < -0.39 is 47.9 Å². The maximum atomic E-state index is 13.3. The molecular weight excluding hydrogens is 508 g/mol. The molecule has 0 spiro atoms. The van der Waals surface area contributed by atoms with E-state index in [2.05, 4.69) is 31.2 Å². The second-order valence-corrected chi connectivity index (χ2v) is 9.85. The Labute approximate surface area is 226 Å². The Kier molecular flexibility index (Phi) is 10.4. The molecule has 0 aromatic carbocycles. The first-order chi connectivity index (χ1) is 18.6. The van der Waals surface area contributed by atoms with E-state index in [1.54, 1.807) is 0 Å². The van der Waals surface area contributed by atoms with Crippen molar-refractivity contribution < 1.29 is 33.4 Å². The molecule has 2 aromatic heterocycles. The number of amides is 4. The van der Waals surface area contributed by atoms with Crippen molar-refractivity contribution in [3.8, 4) is 5.88 Å². The summed E-state index contributed by atoms with van der Waals surface area (Å²) in [6, 6.07) is -0.129. The molecule has 4 amide bonds. The molecule has 0 saturated heterocycles. The summed E-state index contributed by atoms with van der Waals surface area (Å²) in [6.07, 6.45) is 3.01. The van der Waals surface area contributed by atoms with Gasteiger partial charge < -0.3 is 35.5 Å². The Morgan fingerprint density at radius 2 is 1.97 bits per heavy atom. The van der Waals surface area contributed by atoms with Crippen LogP contribution in [0.1, 0.15) is 79.2 Å². The van der Waals surface area contributed by atoms with Gasteiger partial charge in [0, 0.05) is 24.4 Å². The van der Waals surface area contributed by atoms with Crippen LogP contribution in [-0.2, 0) is 9.59 Å². The summed E-state index contributed by atoms with van der Waals surface area (Å²) in [5, 5.41) is 21.2. The number of aliphatic hydroxyl groups excluding tert-OH is 1. The number of oxazole rings is 1. The summed E-state index contributed by atoms with van der Waals surface area (Å²) in [4.78, 5) is 60.3. The number of carbonyl (C=O) groups excluding carboxylic acids is 4. The van der Waals surface area contributed by atoms with E-state index >= 15 is 0 Å². The van der Waals surface area contributed by atoms with Crippen LogP contribution in [0.5, 0.6) is 5.88 Å². The van der Waals surface area contributed by atoms with Crippen LogP contribution in [0.3, 0.4) is 0 Å². The SMILES string of the molecule is COc1cc(C(=O)N[C@H]2CCCCNC(=O)c3coc(n3)[C@H](CC(C)C)NC(=O)[C@H]([C@@H](C)O)NC2=O)ccn1. The largest absolute Gasteiger partial charge is 0.481 e. The quantitative estimate of drug-likeness (QED) is 0.352. The molecule has 2 aromatic rings. The van der Waals surface area contributed by atoms with E-state index in [1.165, 1.54) is 38.6 Å². The zero-order chi connectivity index (χ0) is 28.5. The Morgan fingerprint density at radius 3 is 2.67 bits per heavy atom. The van der Waals surface area contributed by atoms with Gasteiger partial charge >= 0.3 is 0 Å². The van der Waals surface area contributed by atoms with Crippen LogP contribution in [0.15, 0.2) is 29.0 Å². The second-order valence-electron chi connectivity index (χ2n) is 9.85. The van der Waals surface area contributed by atoms with Crippen molar-refractivity contribution in [1.82, 2.24) is 31.2 Å². The molecule has 212 valence electrons. The lowest BCUT2D eigenvalue weighted by Gasteiger charge is -2.27. The predicted octanol–water partition coefficient (Wildman–Crippen LogP) is 0.860. The minimum absolute atomic E-state index is 0.0818. The summed E-state index contributed by atoms with van der Waals surface area (Å²) < 4.78 is 10.6. The maximum absolute atomic E-state index is 13.3. The molecule has 13 nitrogen and oxygen atoms in total. The molecule has 1 aliphatic heterocycles. The average Bonchev–Trinajstić information content (AvgIpc) is 3.39. The minimum Gasteiger partial charge on any atom is -0.481 e. The van der Waals surface area contributed by atoms with Crippen LogP contribution in [-0.4, -0.2) is 70.5 Å². The zero-order valence-corrected chi connectivity index (χ0v) is 22.5. The van der Waals surface area contributed by atoms with Crippen molar-refractivity contribution >= 4 is 23.6 Å². The van der Waals surface area contributed by atoms with E-state index in [1.807, 2.05) is 13.8 Å². The third-order valence-corrected chi connectivity index (χ3v) is 6.17. The van der Waals surface area contributed by atoms with Crippen molar-refractivity contribution in [2.75, 3.05) is 13.7 Å². The Morgan fingerprint density at radius 1 is 1.21 bits per heavy atom. The van der Waals surface area contributed by atoms with Crippen molar-refractivity contribution in [1.29, 1.82) is 0 Å². The van der Waals surface area contributed by atoms with Crippen molar-refractivity contribution in [3.05, 3.63) is 41.7 Å². The molecular formula is C26H36N6O7. The third kappa shape index (κ3) is 8.24. The smallest absolute Gasteiger partial charge is 0.273 e. The number of aliphatic hydroxyl groups is 1. The highest BCUT2D eigenvalue weighted by atomic mass is 16.5. The van der Waals surface area contributed by atoms with Gasteiger partial charge in [0.15, 0.2) is 5.69 Å². The van der Waals surface area contributed by atoms with Gasteiger partial charge in [-0.3, -0.25) is 19.2 Å². The fourth-order valence-corrected chi connectivity index (χ4v) is 4.10. The monoisotopic (exact) mass is 544 g/mol. The van der Waals surface area contributed by atoms with Crippen LogP contribution in [0.4, 0.5) is 0 Å². The lowest BCUT2D eigenvalue weighted by Crippen LogP contribution is -2.57. The van der Waals surface area contributed by atoms with Gasteiger partial charge in [0.1, 0.15) is 24.4 Å². The second kappa shape index (κ2) is 13.7. The van der Waals surface area contributed by atoms with Crippen LogP contribution in [0.2, 0.25) is 0 Å². The van der Waals surface area contributed by atoms with Gasteiger partial charge in [-0.15, -0.1) is 0 Å². The summed E-state index contributed by atoms with van der Waals surface area (Å²) in [6.45, 7) is 5.58. The molecule has 2 bridgehead atoms. The highest BCUT2D eigenvalue weighted by Gasteiger charge is 2.33. The van der Waals surface area contributed by atoms with Crippen LogP contribution >= 0.6 is 0 Å². The number of methoxy groups -OCH3 is 1. The molecule has 3 heterocycles. The molecule has 0 aliphatic carbocycles. The minimum atomic E-state index is -1.32. The van der Waals surface area contributed by atoms with Gasteiger partial charge in [0.05, 0.1) is 13.2 Å². The van der Waals surface area contributed by atoms with Gasteiger partial charge in [0.25, 0.3) is 11.8 Å². The van der Waals surface area contributed by atoms with Crippen molar-refractivity contribution in [2.24, 2.45) is 5.92 Å². The molecule has 5 N–H and O–H groups in total. The molecule has 0 fully saturated rings. The molecule has 1 aliphatic rings. The molecule has 3 rings (SSSR count). The van der Waals surface area contributed by atoms with E-state index in [0.717, 1.165) is 0 Å². The molecule has 0 unspecified atom stereocenters. The topological polar surface area (TPSA) is 185 Å². The van der Waals surface area contributed by atoms with Crippen LogP contribution in [0, 0.1) is 5.92 Å². The number of pyridine rings is 1. The summed E-state index contributed by atoms with van der Waals surface area (Å²) in [7, 11) is 1.42. The molecule has 0 radical (unpaired) electrons. The van der Waals surface area contributed by atoms with E-state index in [9.17, 15) is 24.3 Å². The van der Waals surface area contributed by atoms with Gasteiger partial charge in [-0.2, -0.15) is 0 Å². The molecule has 13 heteroatoms. The van der Waals surface area contributed by atoms with Gasteiger partial charge in [-0.25, -0.2) is 9.97 Å². The number of rotatable bonds is 6. The first kappa shape index (κ1) is 29.6. The lowest BCUT2D eigenvalue weighted by atomic mass is 10.0. The van der Waals surface area contributed by atoms with Crippen molar-refractivity contribution in [3.63, 3.8) is 0 Å².